The number of nitrogen functional groups attached to an aromatic ring is 1. The lowest BCUT2D eigenvalue weighted by atomic mass is 9.95. The van der Waals surface area contributed by atoms with Crippen LogP contribution in [0.2, 0.25) is 0 Å². The number of rotatable bonds is 3. The molecule has 4 heterocycles. The van der Waals surface area contributed by atoms with Crippen molar-refractivity contribution in [1.29, 1.82) is 0 Å². The van der Waals surface area contributed by atoms with Crippen molar-refractivity contribution in [1.82, 2.24) is 35.0 Å². The molecule has 9 heteroatoms. The smallest absolute Gasteiger partial charge is 0.257 e. The molecule has 3 aromatic heterocycles. The number of aromatic amines is 1. The summed E-state index contributed by atoms with van der Waals surface area (Å²) in [6, 6.07) is 3.73. The van der Waals surface area contributed by atoms with Crippen molar-refractivity contribution in [3.05, 3.63) is 47.8 Å². The highest BCUT2D eigenvalue weighted by Gasteiger charge is 2.27. The first-order valence-corrected chi connectivity index (χ1v) is 8.83. The van der Waals surface area contributed by atoms with Crippen LogP contribution < -0.4 is 5.73 Å². The number of carbonyl (C=O) groups excluding carboxylic acids is 1. The zero-order chi connectivity index (χ0) is 18.8. The quantitative estimate of drug-likeness (QED) is 0.722. The number of amides is 1. The predicted molar refractivity (Wildman–Crippen MR) is 98.7 cm³/mol. The lowest BCUT2D eigenvalue weighted by Crippen LogP contribution is -2.38. The Morgan fingerprint density at radius 1 is 1.26 bits per heavy atom. The van der Waals surface area contributed by atoms with Crippen LogP contribution in [0.3, 0.4) is 0 Å². The molecule has 3 aromatic rings. The summed E-state index contributed by atoms with van der Waals surface area (Å²) in [5, 5.41) is 6.75. The van der Waals surface area contributed by atoms with Crippen LogP contribution in [0.1, 0.15) is 40.6 Å². The molecule has 1 saturated heterocycles. The van der Waals surface area contributed by atoms with Gasteiger partial charge in [0.05, 0.1) is 11.3 Å². The summed E-state index contributed by atoms with van der Waals surface area (Å²) in [5.74, 6) is 1.81. The summed E-state index contributed by atoms with van der Waals surface area (Å²) in [5.41, 5.74) is 7.60. The van der Waals surface area contributed by atoms with E-state index in [0.717, 1.165) is 24.2 Å². The molecule has 9 nitrogen and oxygen atoms in total. The monoisotopic (exact) mass is 364 g/mol. The van der Waals surface area contributed by atoms with E-state index in [1.807, 2.05) is 24.0 Å². The van der Waals surface area contributed by atoms with Gasteiger partial charge in [-0.3, -0.25) is 14.9 Å². The Bertz CT molecular complexity index is 947. The van der Waals surface area contributed by atoms with Gasteiger partial charge in [-0.2, -0.15) is 4.98 Å². The fourth-order valence-electron chi connectivity index (χ4n) is 3.31. The lowest BCUT2D eigenvalue weighted by molar-refractivity contribution is 0.0709. The first-order chi connectivity index (χ1) is 13.1. The molecule has 0 unspecified atom stereocenters. The molecule has 0 bridgehead atoms. The number of pyridine rings is 1. The zero-order valence-corrected chi connectivity index (χ0v) is 15.0. The molecule has 27 heavy (non-hydrogen) atoms. The molecule has 0 saturated carbocycles. The second-order valence-electron chi connectivity index (χ2n) is 6.58. The summed E-state index contributed by atoms with van der Waals surface area (Å²) >= 11 is 0. The van der Waals surface area contributed by atoms with Crippen molar-refractivity contribution >= 4 is 11.9 Å². The maximum atomic E-state index is 12.9. The van der Waals surface area contributed by atoms with Gasteiger partial charge in [-0.05, 0) is 31.9 Å². The van der Waals surface area contributed by atoms with Gasteiger partial charge in [0.25, 0.3) is 5.91 Å². The second kappa shape index (κ2) is 7.10. The molecule has 0 atom stereocenters. The standard InChI is InChI=1S/C18H20N8O/c1-11-14(10-21-15(22-11)13-3-2-6-20-9-13)17(27)26-7-4-12(5-8-26)16-23-18(19)25-24-16/h2-3,6,9-10,12H,4-5,7-8H2,1H3,(H3,19,23,24,25). The van der Waals surface area contributed by atoms with Crippen LogP contribution in [-0.4, -0.2) is 54.0 Å². The number of nitrogens with one attached hydrogen (secondary N) is 1. The first-order valence-electron chi connectivity index (χ1n) is 8.83. The van der Waals surface area contributed by atoms with Crippen molar-refractivity contribution < 1.29 is 4.79 Å². The van der Waals surface area contributed by atoms with Crippen LogP contribution in [0.15, 0.2) is 30.7 Å². The SMILES string of the molecule is Cc1nc(-c2cccnc2)ncc1C(=O)N1CCC(c2nc(N)n[nH]2)CC1. The fourth-order valence-corrected chi connectivity index (χ4v) is 3.31. The topological polar surface area (TPSA) is 127 Å². The number of likely N-dealkylation sites (tertiary alicyclic amines) is 1. The highest BCUT2D eigenvalue weighted by molar-refractivity contribution is 5.95. The average Bonchev–Trinajstić information content (AvgIpc) is 3.14. The van der Waals surface area contributed by atoms with E-state index in [1.54, 1.807) is 18.6 Å². The van der Waals surface area contributed by atoms with Crippen LogP contribution in [0.4, 0.5) is 5.95 Å². The molecule has 138 valence electrons. The molecule has 1 aliphatic heterocycles. The zero-order valence-electron chi connectivity index (χ0n) is 15.0. The van der Waals surface area contributed by atoms with E-state index in [9.17, 15) is 4.79 Å². The summed E-state index contributed by atoms with van der Waals surface area (Å²) in [6.07, 6.45) is 6.64. The number of anilines is 1. The van der Waals surface area contributed by atoms with E-state index in [4.69, 9.17) is 5.73 Å². The molecular formula is C18H20N8O. The highest BCUT2D eigenvalue weighted by atomic mass is 16.2. The Morgan fingerprint density at radius 2 is 2.07 bits per heavy atom. The van der Waals surface area contributed by atoms with Crippen LogP contribution in [0, 0.1) is 6.92 Å². The number of nitrogens with two attached hydrogens (primary N) is 1. The molecule has 3 N–H and O–H groups in total. The summed E-state index contributed by atoms with van der Waals surface area (Å²) in [4.78, 5) is 31.9. The van der Waals surface area contributed by atoms with Crippen molar-refractivity contribution in [3.63, 3.8) is 0 Å². The Hall–Kier alpha value is -3.36. The molecule has 0 aliphatic carbocycles. The van der Waals surface area contributed by atoms with Crippen LogP contribution in [0.25, 0.3) is 11.4 Å². The molecule has 0 spiro atoms. The van der Waals surface area contributed by atoms with Crippen LogP contribution in [0.5, 0.6) is 0 Å². The normalized spacial score (nSPS) is 15.1. The third-order valence-electron chi connectivity index (χ3n) is 4.82. The van der Waals surface area contributed by atoms with Gasteiger partial charge >= 0.3 is 0 Å². The number of aryl methyl sites for hydroxylation is 1. The van der Waals surface area contributed by atoms with Gasteiger partial charge in [-0.15, -0.1) is 5.10 Å². The Labute approximate surface area is 156 Å². The van der Waals surface area contributed by atoms with Gasteiger partial charge in [0.2, 0.25) is 5.95 Å². The summed E-state index contributed by atoms with van der Waals surface area (Å²) in [6.45, 7) is 3.13. The Balaban J connectivity index is 1.46. The number of piperidine rings is 1. The van der Waals surface area contributed by atoms with E-state index in [0.29, 0.717) is 30.2 Å². The minimum atomic E-state index is -0.0410. The molecule has 0 aromatic carbocycles. The average molecular weight is 364 g/mol. The van der Waals surface area contributed by atoms with Crippen molar-refractivity contribution in [2.45, 2.75) is 25.7 Å². The minimum absolute atomic E-state index is 0.0410. The Kier molecular flexibility index (Phi) is 4.49. The molecule has 4 rings (SSSR count). The van der Waals surface area contributed by atoms with Crippen molar-refractivity contribution in [2.75, 3.05) is 18.8 Å². The van der Waals surface area contributed by atoms with E-state index < -0.39 is 0 Å². The predicted octanol–water partition coefficient (Wildman–Crippen LogP) is 1.57. The fraction of sp³-hybridized carbons (Fsp3) is 0.333. The van der Waals surface area contributed by atoms with Gasteiger partial charge < -0.3 is 10.6 Å². The molecule has 0 radical (unpaired) electrons. The highest BCUT2D eigenvalue weighted by Crippen LogP contribution is 2.27. The molecule has 1 aliphatic rings. The van der Waals surface area contributed by atoms with Crippen LogP contribution >= 0.6 is 0 Å². The summed E-state index contributed by atoms with van der Waals surface area (Å²) in [7, 11) is 0. The van der Waals surface area contributed by atoms with Crippen LogP contribution in [-0.2, 0) is 0 Å². The van der Waals surface area contributed by atoms with E-state index in [2.05, 4.69) is 30.1 Å². The van der Waals surface area contributed by atoms with Gasteiger partial charge in [-0.1, -0.05) is 0 Å². The first kappa shape index (κ1) is 17.1. The third kappa shape index (κ3) is 3.48. The van der Waals surface area contributed by atoms with Gasteiger partial charge in [0, 0.05) is 43.2 Å². The van der Waals surface area contributed by atoms with Gasteiger partial charge in [-0.25, -0.2) is 9.97 Å². The number of H-pyrrole nitrogens is 1. The number of carbonyl (C=O) groups is 1. The van der Waals surface area contributed by atoms with Gasteiger partial charge in [0.15, 0.2) is 5.82 Å². The number of hydrogen-bond acceptors (Lipinski definition) is 7. The van der Waals surface area contributed by atoms with E-state index in [-0.39, 0.29) is 17.8 Å². The molecule has 1 fully saturated rings. The van der Waals surface area contributed by atoms with E-state index in [1.165, 1.54) is 0 Å². The maximum absolute atomic E-state index is 12.9. The summed E-state index contributed by atoms with van der Waals surface area (Å²) < 4.78 is 0. The van der Waals surface area contributed by atoms with E-state index >= 15 is 0 Å². The van der Waals surface area contributed by atoms with Gasteiger partial charge in [0.1, 0.15) is 5.82 Å². The third-order valence-corrected chi connectivity index (χ3v) is 4.82. The largest absolute Gasteiger partial charge is 0.367 e. The minimum Gasteiger partial charge on any atom is -0.367 e. The number of nitrogens with zero attached hydrogens (tertiary/aromatic N) is 6. The number of aromatic nitrogens is 6. The second-order valence-corrected chi connectivity index (χ2v) is 6.58. The molecular weight excluding hydrogens is 344 g/mol. The lowest BCUT2D eigenvalue weighted by Gasteiger charge is -2.31. The van der Waals surface area contributed by atoms with Crippen molar-refractivity contribution in [3.8, 4) is 11.4 Å². The van der Waals surface area contributed by atoms with Crippen molar-refractivity contribution in [2.24, 2.45) is 0 Å². The Morgan fingerprint density at radius 3 is 2.70 bits per heavy atom. The maximum Gasteiger partial charge on any atom is 0.257 e. The molecule has 1 amide bonds. The number of hydrogen-bond donors (Lipinski definition) is 2.